The van der Waals surface area contributed by atoms with Crippen molar-refractivity contribution in [1.29, 1.82) is 0 Å². The molecule has 0 amide bonds. The van der Waals surface area contributed by atoms with Gasteiger partial charge in [0, 0.05) is 5.39 Å². The van der Waals surface area contributed by atoms with Crippen LogP contribution in [-0.2, 0) is 0 Å². The van der Waals surface area contributed by atoms with E-state index in [2.05, 4.69) is 28.3 Å². The molecule has 0 aliphatic carbocycles. The average Bonchev–Trinajstić information content (AvgIpc) is 2.43. The predicted octanol–water partition coefficient (Wildman–Crippen LogP) is 3.11. The fourth-order valence-corrected chi connectivity index (χ4v) is 2.78. The van der Waals surface area contributed by atoms with Gasteiger partial charge in [0.15, 0.2) is 0 Å². The summed E-state index contributed by atoms with van der Waals surface area (Å²) in [6.45, 7) is 4.31. The third kappa shape index (κ3) is 3.68. The monoisotopic (exact) mass is 261 g/mol. The SMILES string of the molecule is CCNCCCCSc1ncnc2ccccc12. The molecule has 0 radical (unpaired) electrons. The summed E-state index contributed by atoms with van der Waals surface area (Å²) < 4.78 is 0. The number of benzene rings is 1. The molecule has 18 heavy (non-hydrogen) atoms. The molecule has 1 aromatic heterocycles. The molecule has 0 saturated carbocycles. The number of nitrogens with one attached hydrogen (secondary N) is 1. The van der Waals surface area contributed by atoms with Crippen LogP contribution in [0.25, 0.3) is 10.9 Å². The first-order valence-electron chi connectivity index (χ1n) is 6.45. The third-order valence-electron chi connectivity index (χ3n) is 2.74. The normalized spacial score (nSPS) is 10.9. The summed E-state index contributed by atoms with van der Waals surface area (Å²) in [6, 6.07) is 8.18. The van der Waals surface area contributed by atoms with E-state index < -0.39 is 0 Å². The highest BCUT2D eigenvalue weighted by molar-refractivity contribution is 7.99. The van der Waals surface area contributed by atoms with E-state index in [9.17, 15) is 0 Å². The van der Waals surface area contributed by atoms with Gasteiger partial charge in [-0.15, -0.1) is 11.8 Å². The zero-order valence-electron chi connectivity index (χ0n) is 10.7. The highest BCUT2D eigenvalue weighted by Gasteiger charge is 2.02. The molecule has 0 unspecified atom stereocenters. The molecule has 0 atom stereocenters. The Morgan fingerprint density at radius 1 is 1.17 bits per heavy atom. The Hall–Kier alpha value is -1.13. The van der Waals surface area contributed by atoms with E-state index >= 15 is 0 Å². The summed E-state index contributed by atoms with van der Waals surface area (Å²) >= 11 is 1.83. The number of para-hydroxylation sites is 1. The van der Waals surface area contributed by atoms with Crippen LogP contribution in [0, 0.1) is 0 Å². The summed E-state index contributed by atoms with van der Waals surface area (Å²) in [5.41, 5.74) is 1.03. The van der Waals surface area contributed by atoms with E-state index in [0.29, 0.717) is 0 Å². The lowest BCUT2D eigenvalue weighted by Crippen LogP contribution is -2.13. The number of aromatic nitrogens is 2. The van der Waals surface area contributed by atoms with Crippen molar-refractivity contribution in [2.24, 2.45) is 0 Å². The van der Waals surface area contributed by atoms with E-state index in [1.807, 2.05) is 30.0 Å². The van der Waals surface area contributed by atoms with Crippen molar-refractivity contribution in [1.82, 2.24) is 15.3 Å². The molecule has 0 bridgehead atoms. The number of fused-ring (bicyclic) bond motifs is 1. The van der Waals surface area contributed by atoms with Gasteiger partial charge in [0.05, 0.1) is 5.52 Å². The third-order valence-corrected chi connectivity index (χ3v) is 3.83. The van der Waals surface area contributed by atoms with Gasteiger partial charge < -0.3 is 5.32 Å². The largest absolute Gasteiger partial charge is 0.317 e. The topological polar surface area (TPSA) is 37.8 Å². The number of rotatable bonds is 7. The lowest BCUT2D eigenvalue weighted by Gasteiger charge is -2.04. The van der Waals surface area contributed by atoms with Crippen LogP contribution in [0.5, 0.6) is 0 Å². The molecule has 1 heterocycles. The van der Waals surface area contributed by atoms with Gasteiger partial charge >= 0.3 is 0 Å². The number of thioether (sulfide) groups is 1. The van der Waals surface area contributed by atoms with Crippen molar-refractivity contribution in [3.63, 3.8) is 0 Å². The van der Waals surface area contributed by atoms with Crippen LogP contribution >= 0.6 is 11.8 Å². The average molecular weight is 261 g/mol. The van der Waals surface area contributed by atoms with Crippen molar-refractivity contribution in [2.45, 2.75) is 24.8 Å². The van der Waals surface area contributed by atoms with Gasteiger partial charge in [0.25, 0.3) is 0 Å². The minimum Gasteiger partial charge on any atom is -0.317 e. The molecule has 96 valence electrons. The van der Waals surface area contributed by atoms with E-state index in [-0.39, 0.29) is 0 Å². The summed E-state index contributed by atoms with van der Waals surface area (Å²) in [5, 5.41) is 5.61. The van der Waals surface area contributed by atoms with Gasteiger partial charge in [-0.25, -0.2) is 9.97 Å². The molecule has 3 nitrogen and oxygen atoms in total. The predicted molar refractivity (Wildman–Crippen MR) is 78.0 cm³/mol. The smallest absolute Gasteiger partial charge is 0.117 e. The maximum absolute atomic E-state index is 4.38. The summed E-state index contributed by atoms with van der Waals surface area (Å²) in [4.78, 5) is 8.65. The lowest BCUT2D eigenvalue weighted by molar-refractivity contribution is 0.666. The molecule has 0 fully saturated rings. The molecule has 1 aromatic carbocycles. The van der Waals surface area contributed by atoms with E-state index in [0.717, 1.165) is 34.8 Å². The van der Waals surface area contributed by atoms with Gasteiger partial charge in [0.1, 0.15) is 11.4 Å². The van der Waals surface area contributed by atoms with Crippen LogP contribution in [-0.4, -0.2) is 28.8 Å². The fraction of sp³-hybridized carbons (Fsp3) is 0.429. The molecular weight excluding hydrogens is 242 g/mol. The van der Waals surface area contributed by atoms with Crippen LogP contribution in [0.3, 0.4) is 0 Å². The van der Waals surface area contributed by atoms with Crippen molar-refractivity contribution >= 4 is 22.7 Å². The Labute approximate surface area is 112 Å². The van der Waals surface area contributed by atoms with Gasteiger partial charge in [-0.3, -0.25) is 0 Å². The second kappa shape index (κ2) is 7.34. The van der Waals surface area contributed by atoms with Crippen molar-refractivity contribution in [2.75, 3.05) is 18.8 Å². The molecule has 2 rings (SSSR count). The molecule has 1 N–H and O–H groups in total. The van der Waals surface area contributed by atoms with E-state index in [1.54, 1.807) is 6.33 Å². The minimum absolute atomic E-state index is 1.03. The maximum atomic E-state index is 4.38. The zero-order valence-corrected chi connectivity index (χ0v) is 11.5. The second-order valence-electron chi connectivity index (χ2n) is 4.11. The Kier molecular flexibility index (Phi) is 5.42. The maximum Gasteiger partial charge on any atom is 0.117 e. The van der Waals surface area contributed by atoms with Gasteiger partial charge in [-0.1, -0.05) is 25.1 Å². The molecule has 2 aromatic rings. The zero-order chi connectivity index (χ0) is 12.6. The van der Waals surface area contributed by atoms with Crippen LogP contribution < -0.4 is 5.32 Å². The quantitative estimate of drug-likeness (QED) is 0.472. The lowest BCUT2D eigenvalue weighted by atomic mass is 10.2. The van der Waals surface area contributed by atoms with E-state index in [1.165, 1.54) is 12.8 Å². The molecule has 0 spiro atoms. The molecule has 0 aliphatic rings. The summed E-state index contributed by atoms with van der Waals surface area (Å²) in [7, 11) is 0. The van der Waals surface area contributed by atoms with Crippen LogP contribution in [0.4, 0.5) is 0 Å². The van der Waals surface area contributed by atoms with Gasteiger partial charge in [-0.05, 0) is 37.8 Å². The number of nitrogens with zero attached hydrogens (tertiary/aromatic N) is 2. The number of hydrogen-bond acceptors (Lipinski definition) is 4. The fourth-order valence-electron chi connectivity index (χ4n) is 1.79. The van der Waals surface area contributed by atoms with Crippen LogP contribution in [0.1, 0.15) is 19.8 Å². The molecule has 0 saturated heterocycles. The van der Waals surface area contributed by atoms with Crippen LogP contribution in [0.2, 0.25) is 0 Å². The number of unbranched alkanes of at least 4 members (excludes halogenated alkanes) is 1. The Balaban J connectivity index is 1.88. The highest BCUT2D eigenvalue weighted by Crippen LogP contribution is 2.24. The minimum atomic E-state index is 1.03. The van der Waals surface area contributed by atoms with Crippen molar-refractivity contribution in [3.8, 4) is 0 Å². The molecule has 0 aliphatic heterocycles. The standard InChI is InChI=1S/C14H19N3S/c1-2-15-9-5-6-10-18-14-12-7-3-4-8-13(12)16-11-17-14/h3-4,7-8,11,15H,2,5-6,9-10H2,1H3. The molecule has 4 heteroatoms. The Morgan fingerprint density at radius 3 is 2.94 bits per heavy atom. The highest BCUT2D eigenvalue weighted by atomic mass is 32.2. The summed E-state index contributed by atoms with van der Waals surface area (Å²) in [6.07, 6.45) is 4.10. The van der Waals surface area contributed by atoms with Crippen molar-refractivity contribution in [3.05, 3.63) is 30.6 Å². The van der Waals surface area contributed by atoms with Crippen LogP contribution in [0.15, 0.2) is 35.6 Å². The Morgan fingerprint density at radius 2 is 2.06 bits per heavy atom. The first-order valence-corrected chi connectivity index (χ1v) is 7.43. The molecular formula is C14H19N3S. The number of hydrogen-bond donors (Lipinski definition) is 1. The second-order valence-corrected chi connectivity index (χ2v) is 5.19. The van der Waals surface area contributed by atoms with E-state index in [4.69, 9.17) is 0 Å². The van der Waals surface area contributed by atoms with Gasteiger partial charge in [-0.2, -0.15) is 0 Å². The Bertz CT molecular complexity index is 482. The summed E-state index contributed by atoms with van der Waals surface area (Å²) in [5.74, 6) is 1.12. The van der Waals surface area contributed by atoms with Crippen molar-refractivity contribution < 1.29 is 0 Å². The first kappa shape index (κ1) is 13.3. The first-order chi connectivity index (χ1) is 8.92. The van der Waals surface area contributed by atoms with Gasteiger partial charge in [0.2, 0.25) is 0 Å².